The number of halogens is 3. The fourth-order valence-corrected chi connectivity index (χ4v) is 1.56. The quantitative estimate of drug-likeness (QED) is 0.880. The van der Waals surface area contributed by atoms with Crippen LogP contribution in [0.2, 0.25) is 0 Å². The van der Waals surface area contributed by atoms with Crippen LogP contribution in [0.4, 0.5) is 13.2 Å². The highest BCUT2D eigenvalue weighted by molar-refractivity contribution is 5.94. The first-order valence-corrected chi connectivity index (χ1v) is 7.20. The van der Waals surface area contributed by atoms with E-state index in [1.807, 2.05) is 25.1 Å². The lowest BCUT2D eigenvalue weighted by atomic mass is 10.1. The lowest BCUT2D eigenvalue weighted by Gasteiger charge is -2.04. The van der Waals surface area contributed by atoms with Gasteiger partial charge in [0.05, 0.1) is 11.3 Å². The fraction of sp³-hybridized carbons (Fsp3) is 0.250. The van der Waals surface area contributed by atoms with Crippen molar-refractivity contribution in [3.63, 3.8) is 0 Å². The number of carbonyl (C=O) groups is 2. The number of nitrogens with zero attached hydrogens (tertiary/aromatic N) is 2. The summed E-state index contributed by atoms with van der Waals surface area (Å²) < 4.78 is 31.7. The molecule has 0 spiro atoms. The summed E-state index contributed by atoms with van der Waals surface area (Å²) in [6, 6.07) is 7.41. The average molecular weight is 355 g/mol. The molecule has 2 heterocycles. The molecule has 0 aromatic carbocycles. The van der Waals surface area contributed by atoms with Gasteiger partial charge in [-0.3, -0.25) is 14.8 Å². The van der Waals surface area contributed by atoms with Crippen LogP contribution in [0.3, 0.4) is 0 Å². The van der Waals surface area contributed by atoms with Gasteiger partial charge in [-0.25, -0.2) is 4.79 Å². The molecular formula is C16H16F3N3O3. The summed E-state index contributed by atoms with van der Waals surface area (Å²) in [6.07, 6.45) is 0.882. The molecule has 0 bridgehead atoms. The Kier molecular flexibility index (Phi) is 7.51. The minimum Gasteiger partial charge on any atom is -0.475 e. The third kappa shape index (κ3) is 6.98. The summed E-state index contributed by atoms with van der Waals surface area (Å²) in [6.45, 7) is 2.70. The number of carboxylic acids is 1. The number of pyridine rings is 2. The zero-order chi connectivity index (χ0) is 18.9. The lowest BCUT2D eigenvalue weighted by molar-refractivity contribution is -0.192. The van der Waals surface area contributed by atoms with Gasteiger partial charge in [-0.2, -0.15) is 13.2 Å². The molecule has 25 heavy (non-hydrogen) atoms. The van der Waals surface area contributed by atoms with Crippen LogP contribution in [0, 0.1) is 0 Å². The zero-order valence-electron chi connectivity index (χ0n) is 13.2. The van der Waals surface area contributed by atoms with Crippen molar-refractivity contribution in [3.05, 3.63) is 48.4 Å². The maximum Gasteiger partial charge on any atom is 0.490 e. The van der Waals surface area contributed by atoms with Gasteiger partial charge < -0.3 is 10.4 Å². The maximum atomic E-state index is 11.7. The van der Waals surface area contributed by atoms with Crippen molar-refractivity contribution in [2.45, 2.75) is 19.5 Å². The highest BCUT2D eigenvalue weighted by Crippen LogP contribution is 2.15. The zero-order valence-corrected chi connectivity index (χ0v) is 13.2. The third-order valence-corrected chi connectivity index (χ3v) is 2.78. The van der Waals surface area contributed by atoms with Gasteiger partial charge in [0, 0.05) is 30.7 Å². The Morgan fingerprint density at radius 2 is 1.76 bits per heavy atom. The average Bonchev–Trinajstić information content (AvgIpc) is 2.60. The van der Waals surface area contributed by atoms with E-state index >= 15 is 0 Å². The Morgan fingerprint density at radius 3 is 2.20 bits per heavy atom. The topological polar surface area (TPSA) is 92.2 Å². The van der Waals surface area contributed by atoms with Crippen LogP contribution in [0.25, 0.3) is 11.3 Å². The fourth-order valence-electron chi connectivity index (χ4n) is 1.56. The number of carbonyl (C=O) groups excluding carboxylic acids is 1. The Hall–Kier alpha value is -2.97. The highest BCUT2D eigenvalue weighted by Gasteiger charge is 2.38. The second kappa shape index (κ2) is 9.36. The monoisotopic (exact) mass is 355 g/mol. The van der Waals surface area contributed by atoms with E-state index < -0.39 is 12.1 Å². The standard InChI is InChI=1S/C14H15N3O.C2HF3O2/c1-2-7-16-14(18)12-3-4-13(17-10-12)11-5-8-15-9-6-11;3-2(4,5)1(6)7/h3-6,8-10H,2,7H2,1H3,(H,16,18);(H,6,7). The second-order valence-corrected chi connectivity index (χ2v) is 4.73. The predicted molar refractivity (Wildman–Crippen MR) is 83.8 cm³/mol. The Labute approximate surface area is 141 Å². The molecule has 2 N–H and O–H groups in total. The molecule has 1 amide bonds. The minimum absolute atomic E-state index is 0.0781. The molecule has 2 aromatic rings. The van der Waals surface area contributed by atoms with Gasteiger partial charge >= 0.3 is 12.1 Å². The summed E-state index contributed by atoms with van der Waals surface area (Å²) in [5.74, 6) is -2.84. The molecule has 2 rings (SSSR count). The number of alkyl halides is 3. The van der Waals surface area contributed by atoms with E-state index in [2.05, 4.69) is 15.3 Å². The van der Waals surface area contributed by atoms with Crippen LogP contribution in [0.15, 0.2) is 42.9 Å². The van der Waals surface area contributed by atoms with E-state index in [1.165, 1.54) is 0 Å². The van der Waals surface area contributed by atoms with Gasteiger partial charge in [0.15, 0.2) is 0 Å². The molecule has 0 aliphatic heterocycles. The molecule has 6 nitrogen and oxygen atoms in total. The molecule has 9 heteroatoms. The van der Waals surface area contributed by atoms with Crippen molar-refractivity contribution in [1.82, 2.24) is 15.3 Å². The van der Waals surface area contributed by atoms with Gasteiger partial charge in [0.1, 0.15) is 0 Å². The van der Waals surface area contributed by atoms with Crippen molar-refractivity contribution in [2.75, 3.05) is 6.54 Å². The minimum atomic E-state index is -5.08. The molecule has 134 valence electrons. The molecule has 2 aromatic heterocycles. The summed E-state index contributed by atoms with van der Waals surface area (Å²) in [5, 5.41) is 9.94. The van der Waals surface area contributed by atoms with Crippen LogP contribution < -0.4 is 5.32 Å². The summed E-state index contributed by atoms with van der Waals surface area (Å²) in [7, 11) is 0. The third-order valence-electron chi connectivity index (χ3n) is 2.78. The molecule has 0 aliphatic rings. The van der Waals surface area contributed by atoms with Crippen LogP contribution in [-0.4, -0.2) is 39.7 Å². The summed E-state index contributed by atoms with van der Waals surface area (Å²) >= 11 is 0. The normalized spacial score (nSPS) is 10.4. The summed E-state index contributed by atoms with van der Waals surface area (Å²) in [4.78, 5) is 28.8. The number of hydrogen-bond acceptors (Lipinski definition) is 4. The largest absolute Gasteiger partial charge is 0.490 e. The number of rotatable bonds is 4. The SMILES string of the molecule is CCCNC(=O)c1ccc(-c2ccncc2)nc1.O=C(O)C(F)(F)F. The first-order valence-electron chi connectivity index (χ1n) is 7.20. The summed E-state index contributed by atoms with van der Waals surface area (Å²) in [5.41, 5.74) is 2.41. The Bertz CT molecular complexity index is 689. The highest BCUT2D eigenvalue weighted by atomic mass is 19.4. The number of hydrogen-bond donors (Lipinski definition) is 2. The van der Waals surface area contributed by atoms with Crippen molar-refractivity contribution in [1.29, 1.82) is 0 Å². The van der Waals surface area contributed by atoms with Crippen molar-refractivity contribution >= 4 is 11.9 Å². The van der Waals surface area contributed by atoms with Crippen molar-refractivity contribution < 1.29 is 27.9 Å². The van der Waals surface area contributed by atoms with Crippen molar-refractivity contribution in [3.8, 4) is 11.3 Å². The van der Waals surface area contributed by atoms with E-state index in [-0.39, 0.29) is 5.91 Å². The van der Waals surface area contributed by atoms with Gasteiger partial charge in [0.25, 0.3) is 5.91 Å². The van der Waals surface area contributed by atoms with Crippen LogP contribution in [0.5, 0.6) is 0 Å². The van der Waals surface area contributed by atoms with E-state index in [1.54, 1.807) is 24.7 Å². The van der Waals surface area contributed by atoms with E-state index in [4.69, 9.17) is 9.90 Å². The maximum absolute atomic E-state index is 11.7. The Balaban J connectivity index is 0.000000381. The molecule has 0 aliphatic carbocycles. The molecule has 0 unspecified atom stereocenters. The van der Waals surface area contributed by atoms with E-state index in [0.29, 0.717) is 12.1 Å². The molecule has 0 saturated heterocycles. The molecule has 0 radical (unpaired) electrons. The second-order valence-electron chi connectivity index (χ2n) is 4.73. The molecule has 0 saturated carbocycles. The van der Waals surface area contributed by atoms with Gasteiger partial charge in [-0.15, -0.1) is 0 Å². The van der Waals surface area contributed by atoms with Gasteiger partial charge in [-0.05, 0) is 30.7 Å². The number of carboxylic acid groups (broad SMARTS) is 1. The molecular weight excluding hydrogens is 339 g/mol. The van der Waals surface area contributed by atoms with Gasteiger partial charge in [0.2, 0.25) is 0 Å². The lowest BCUT2D eigenvalue weighted by Crippen LogP contribution is -2.23. The first kappa shape index (κ1) is 20.1. The Morgan fingerprint density at radius 1 is 1.16 bits per heavy atom. The van der Waals surface area contributed by atoms with E-state index in [0.717, 1.165) is 17.7 Å². The molecule has 0 atom stereocenters. The molecule has 0 fully saturated rings. The predicted octanol–water partition coefficient (Wildman–Crippen LogP) is 2.92. The number of amides is 1. The van der Waals surface area contributed by atoms with E-state index in [9.17, 15) is 18.0 Å². The van der Waals surface area contributed by atoms with Crippen LogP contribution >= 0.6 is 0 Å². The number of nitrogens with one attached hydrogen (secondary N) is 1. The van der Waals surface area contributed by atoms with Crippen LogP contribution in [0.1, 0.15) is 23.7 Å². The van der Waals surface area contributed by atoms with Crippen LogP contribution in [-0.2, 0) is 4.79 Å². The number of aromatic nitrogens is 2. The smallest absolute Gasteiger partial charge is 0.475 e. The van der Waals surface area contributed by atoms with Gasteiger partial charge in [-0.1, -0.05) is 6.92 Å². The number of aliphatic carboxylic acids is 1. The van der Waals surface area contributed by atoms with Crippen molar-refractivity contribution in [2.24, 2.45) is 0 Å². The first-order chi connectivity index (χ1) is 11.8.